The second-order valence-electron chi connectivity index (χ2n) is 8.39. The number of nitrogens with zero attached hydrogens (tertiary/aromatic N) is 1. The SMILES string of the molecule is CC(C)(C)CC(=O)OOC1CCC(Nc2ccc([N+](=O)[O-])c(C(F)(F)F)c2)CC1. The summed E-state index contributed by atoms with van der Waals surface area (Å²) in [6.07, 6.45) is -2.52. The van der Waals surface area contributed by atoms with Crippen LogP contribution in [0.25, 0.3) is 0 Å². The first kappa shape index (κ1) is 22.9. The Labute approximate surface area is 166 Å². The maximum atomic E-state index is 13.1. The number of benzene rings is 1. The molecule has 0 unspecified atom stereocenters. The van der Waals surface area contributed by atoms with E-state index in [0.717, 1.165) is 12.1 Å². The summed E-state index contributed by atoms with van der Waals surface area (Å²) in [5, 5.41) is 13.8. The minimum Gasteiger partial charge on any atom is -0.382 e. The number of carbonyl (C=O) groups excluding carboxylic acids is 1. The minimum atomic E-state index is -4.82. The lowest BCUT2D eigenvalue weighted by atomic mass is 9.92. The van der Waals surface area contributed by atoms with Gasteiger partial charge in [-0.1, -0.05) is 20.8 Å². The van der Waals surface area contributed by atoms with Crippen LogP contribution in [0.4, 0.5) is 24.5 Å². The average molecular weight is 418 g/mol. The molecule has 1 aliphatic rings. The zero-order valence-electron chi connectivity index (χ0n) is 16.5. The molecule has 0 heterocycles. The van der Waals surface area contributed by atoms with E-state index < -0.39 is 28.3 Å². The maximum Gasteiger partial charge on any atom is 0.423 e. The summed E-state index contributed by atoms with van der Waals surface area (Å²) >= 11 is 0. The topological polar surface area (TPSA) is 90.7 Å². The average Bonchev–Trinajstić information content (AvgIpc) is 2.58. The molecule has 29 heavy (non-hydrogen) atoms. The number of nitrogens with one attached hydrogen (secondary N) is 1. The number of hydrogen-bond acceptors (Lipinski definition) is 6. The van der Waals surface area contributed by atoms with Gasteiger partial charge in [-0.15, -0.1) is 0 Å². The minimum absolute atomic E-state index is 0.109. The maximum absolute atomic E-state index is 13.1. The number of anilines is 1. The van der Waals surface area contributed by atoms with E-state index in [1.165, 1.54) is 6.07 Å². The second-order valence-corrected chi connectivity index (χ2v) is 8.39. The molecule has 0 saturated heterocycles. The van der Waals surface area contributed by atoms with Gasteiger partial charge in [0.2, 0.25) is 0 Å². The number of nitro benzene ring substituents is 1. The van der Waals surface area contributed by atoms with E-state index in [2.05, 4.69) is 5.32 Å². The standard InChI is InChI=1S/C19H25F3N2O5/c1-18(2,3)11-17(25)29-28-14-7-4-12(5-8-14)23-13-6-9-16(24(26)27)15(10-13)19(20,21)22/h6,9-10,12,14,23H,4-5,7-8,11H2,1-3H3. The molecule has 7 nitrogen and oxygen atoms in total. The van der Waals surface area contributed by atoms with Crippen LogP contribution in [0.15, 0.2) is 18.2 Å². The molecule has 0 spiro atoms. The van der Waals surface area contributed by atoms with Gasteiger partial charge in [-0.2, -0.15) is 18.1 Å². The lowest BCUT2D eigenvalue weighted by Crippen LogP contribution is -2.30. The summed E-state index contributed by atoms with van der Waals surface area (Å²) in [7, 11) is 0. The van der Waals surface area contributed by atoms with Crippen LogP contribution in [0.5, 0.6) is 0 Å². The number of hydrogen-bond donors (Lipinski definition) is 1. The Morgan fingerprint density at radius 2 is 1.83 bits per heavy atom. The van der Waals surface area contributed by atoms with E-state index in [9.17, 15) is 28.1 Å². The molecule has 1 aliphatic carbocycles. The Kier molecular flexibility index (Phi) is 7.10. The second kappa shape index (κ2) is 8.98. The number of carbonyl (C=O) groups is 1. The van der Waals surface area contributed by atoms with E-state index >= 15 is 0 Å². The molecular formula is C19H25F3N2O5. The fourth-order valence-electron chi connectivity index (χ4n) is 3.14. The molecule has 0 atom stereocenters. The highest BCUT2D eigenvalue weighted by Crippen LogP contribution is 2.38. The molecule has 0 aromatic heterocycles. The Balaban J connectivity index is 1.88. The zero-order valence-corrected chi connectivity index (χ0v) is 16.5. The van der Waals surface area contributed by atoms with E-state index in [-0.39, 0.29) is 29.7 Å². The fraction of sp³-hybridized carbons (Fsp3) is 0.632. The molecule has 10 heteroatoms. The van der Waals surface area contributed by atoms with Gasteiger partial charge in [-0.3, -0.25) is 15.0 Å². The Bertz CT molecular complexity index is 738. The zero-order chi connectivity index (χ0) is 21.8. The molecule has 0 amide bonds. The monoisotopic (exact) mass is 418 g/mol. The van der Waals surface area contributed by atoms with Crippen LogP contribution in [-0.4, -0.2) is 23.0 Å². The number of alkyl halides is 3. The molecule has 0 bridgehead atoms. The van der Waals surface area contributed by atoms with Crippen LogP contribution in [0.3, 0.4) is 0 Å². The van der Waals surface area contributed by atoms with Crippen molar-refractivity contribution >= 4 is 17.3 Å². The van der Waals surface area contributed by atoms with Gasteiger partial charge in [0.25, 0.3) is 5.69 Å². The third kappa shape index (κ3) is 7.19. The lowest BCUT2D eigenvalue weighted by molar-refractivity contribution is -0.388. The van der Waals surface area contributed by atoms with Crippen LogP contribution in [0.1, 0.15) is 58.4 Å². The first-order valence-corrected chi connectivity index (χ1v) is 9.33. The third-order valence-electron chi connectivity index (χ3n) is 4.50. The summed E-state index contributed by atoms with van der Waals surface area (Å²) in [5.74, 6) is -0.441. The number of rotatable bonds is 6. The smallest absolute Gasteiger partial charge is 0.382 e. The van der Waals surface area contributed by atoms with Gasteiger partial charge in [0.15, 0.2) is 0 Å². The summed E-state index contributed by atoms with van der Waals surface area (Å²) in [4.78, 5) is 31.5. The summed E-state index contributed by atoms with van der Waals surface area (Å²) in [6.45, 7) is 5.73. The quantitative estimate of drug-likeness (QED) is 0.386. The van der Waals surface area contributed by atoms with Crippen molar-refractivity contribution in [3.8, 4) is 0 Å². The van der Waals surface area contributed by atoms with Crippen LogP contribution in [0, 0.1) is 15.5 Å². The van der Waals surface area contributed by atoms with E-state index in [1.54, 1.807) is 0 Å². The largest absolute Gasteiger partial charge is 0.423 e. The predicted molar refractivity (Wildman–Crippen MR) is 99.0 cm³/mol. The molecule has 0 aliphatic heterocycles. The first-order chi connectivity index (χ1) is 13.3. The third-order valence-corrected chi connectivity index (χ3v) is 4.50. The van der Waals surface area contributed by atoms with Gasteiger partial charge in [0, 0.05) is 17.8 Å². The van der Waals surface area contributed by atoms with Crippen molar-refractivity contribution in [2.24, 2.45) is 5.41 Å². The van der Waals surface area contributed by atoms with E-state index in [4.69, 9.17) is 9.78 Å². The van der Waals surface area contributed by atoms with Crippen molar-refractivity contribution in [2.75, 3.05) is 5.32 Å². The highest BCUT2D eigenvalue weighted by atomic mass is 19.4. The highest BCUT2D eigenvalue weighted by molar-refractivity contribution is 5.69. The lowest BCUT2D eigenvalue weighted by Gasteiger charge is -2.29. The van der Waals surface area contributed by atoms with Crippen LogP contribution in [0.2, 0.25) is 0 Å². The molecule has 1 aromatic rings. The van der Waals surface area contributed by atoms with Crippen molar-refractivity contribution in [2.45, 2.75) is 71.2 Å². The van der Waals surface area contributed by atoms with Gasteiger partial charge >= 0.3 is 12.1 Å². The molecule has 1 N–H and O–H groups in total. The van der Waals surface area contributed by atoms with Crippen molar-refractivity contribution in [1.82, 2.24) is 0 Å². The Morgan fingerprint density at radius 3 is 2.34 bits per heavy atom. The normalized spacial score (nSPS) is 20.2. The van der Waals surface area contributed by atoms with E-state index in [1.807, 2.05) is 20.8 Å². The van der Waals surface area contributed by atoms with Crippen molar-refractivity contribution in [1.29, 1.82) is 0 Å². The highest BCUT2D eigenvalue weighted by Gasteiger charge is 2.38. The van der Waals surface area contributed by atoms with Crippen molar-refractivity contribution in [3.63, 3.8) is 0 Å². The molecule has 2 rings (SSSR count). The number of halogens is 3. The summed E-state index contributed by atoms with van der Waals surface area (Å²) in [5.41, 5.74) is -2.29. The molecule has 1 saturated carbocycles. The molecular weight excluding hydrogens is 393 g/mol. The van der Waals surface area contributed by atoms with Crippen LogP contribution >= 0.6 is 0 Å². The van der Waals surface area contributed by atoms with Gasteiger partial charge in [0.1, 0.15) is 11.7 Å². The molecule has 0 radical (unpaired) electrons. The Hall–Kier alpha value is -2.36. The van der Waals surface area contributed by atoms with Gasteiger partial charge < -0.3 is 5.32 Å². The molecule has 1 aromatic carbocycles. The Morgan fingerprint density at radius 1 is 1.21 bits per heavy atom. The van der Waals surface area contributed by atoms with Gasteiger partial charge in [-0.25, -0.2) is 4.79 Å². The summed E-state index contributed by atoms with van der Waals surface area (Å²) in [6, 6.07) is 2.77. The summed E-state index contributed by atoms with van der Waals surface area (Å²) < 4.78 is 39.2. The van der Waals surface area contributed by atoms with Gasteiger partial charge in [-0.05, 0) is 43.2 Å². The van der Waals surface area contributed by atoms with Crippen LogP contribution in [-0.2, 0) is 20.7 Å². The fourth-order valence-corrected chi connectivity index (χ4v) is 3.14. The number of nitro groups is 1. The molecule has 1 fully saturated rings. The van der Waals surface area contributed by atoms with Crippen molar-refractivity contribution in [3.05, 3.63) is 33.9 Å². The van der Waals surface area contributed by atoms with E-state index in [0.29, 0.717) is 25.7 Å². The first-order valence-electron chi connectivity index (χ1n) is 9.33. The van der Waals surface area contributed by atoms with Crippen molar-refractivity contribution < 1.29 is 32.7 Å². The molecule has 162 valence electrons. The van der Waals surface area contributed by atoms with Crippen LogP contribution < -0.4 is 5.32 Å². The van der Waals surface area contributed by atoms with Gasteiger partial charge in [0.05, 0.1) is 11.3 Å². The predicted octanol–water partition coefficient (Wildman–Crippen LogP) is 5.25.